The summed E-state index contributed by atoms with van der Waals surface area (Å²) in [5.41, 5.74) is 0.0171. The van der Waals surface area contributed by atoms with Crippen LogP contribution in [0.15, 0.2) is 12.3 Å². The summed E-state index contributed by atoms with van der Waals surface area (Å²) in [4.78, 5) is 34.7. The van der Waals surface area contributed by atoms with Crippen molar-refractivity contribution < 1.29 is 19.6 Å². The average Bonchev–Trinajstić information content (AvgIpc) is 2.82. The molecule has 0 saturated carbocycles. The Labute approximate surface area is 122 Å². The van der Waals surface area contributed by atoms with Crippen LogP contribution >= 0.6 is 0 Å². The van der Waals surface area contributed by atoms with Crippen molar-refractivity contribution in [2.24, 2.45) is 5.92 Å². The van der Waals surface area contributed by atoms with Crippen LogP contribution in [0.25, 0.3) is 0 Å². The lowest BCUT2D eigenvalue weighted by Crippen LogP contribution is -2.34. The van der Waals surface area contributed by atoms with Gasteiger partial charge in [0.05, 0.1) is 17.0 Å². The number of aliphatic carboxylic acids is 1. The normalized spacial score (nSPS) is 12.2. The molecule has 0 fully saturated rings. The predicted octanol–water partition coefficient (Wildman–Crippen LogP) is 1.77. The van der Waals surface area contributed by atoms with Crippen molar-refractivity contribution in [3.05, 3.63) is 28.1 Å². The minimum Gasteiger partial charge on any atom is -0.481 e. The van der Waals surface area contributed by atoms with Gasteiger partial charge in [-0.2, -0.15) is 0 Å². The second kappa shape index (κ2) is 6.38. The number of carboxylic acids is 1. The van der Waals surface area contributed by atoms with Crippen molar-refractivity contribution in [1.29, 1.82) is 0 Å². The van der Waals surface area contributed by atoms with E-state index in [1.807, 2.05) is 0 Å². The molecule has 1 heterocycles. The van der Waals surface area contributed by atoms with E-state index in [0.717, 1.165) is 0 Å². The summed E-state index contributed by atoms with van der Waals surface area (Å²) in [5.74, 6) is -2.15. The van der Waals surface area contributed by atoms with E-state index in [0.29, 0.717) is 0 Å². The van der Waals surface area contributed by atoms with Gasteiger partial charge in [-0.05, 0) is 13.8 Å². The van der Waals surface area contributed by atoms with E-state index in [1.54, 1.807) is 13.8 Å². The van der Waals surface area contributed by atoms with Crippen molar-refractivity contribution in [2.75, 3.05) is 13.6 Å². The maximum Gasteiger partial charge on any atom is 0.308 e. The summed E-state index contributed by atoms with van der Waals surface area (Å²) in [6.45, 7) is 5.14. The van der Waals surface area contributed by atoms with Gasteiger partial charge in [0, 0.05) is 25.7 Å². The third-order valence-electron chi connectivity index (χ3n) is 3.14. The zero-order chi connectivity index (χ0) is 16.3. The van der Waals surface area contributed by atoms with E-state index in [4.69, 9.17) is 5.11 Å². The van der Waals surface area contributed by atoms with Crippen molar-refractivity contribution in [1.82, 2.24) is 9.47 Å². The molecule has 8 heteroatoms. The molecule has 0 aliphatic heterocycles. The smallest absolute Gasteiger partial charge is 0.308 e. The Hall–Kier alpha value is -2.38. The highest BCUT2D eigenvalue weighted by Gasteiger charge is 2.25. The second-order valence-electron chi connectivity index (χ2n) is 5.27. The highest BCUT2D eigenvalue weighted by atomic mass is 16.6. The zero-order valence-electron chi connectivity index (χ0n) is 12.4. The Morgan fingerprint density at radius 1 is 1.43 bits per heavy atom. The minimum absolute atomic E-state index is 0.0330. The molecule has 1 atom stereocenters. The maximum absolute atomic E-state index is 12.4. The van der Waals surface area contributed by atoms with Crippen LogP contribution in [0.5, 0.6) is 0 Å². The third-order valence-corrected chi connectivity index (χ3v) is 3.14. The first-order chi connectivity index (χ1) is 9.65. The topological polar surface area (TPSA) is 106 Å². The van der Waals surface area contributed by atoms with Crippen LogP contribution in [0.3, 0.4) is 0 Å². The standard InChI is InChI=1S/C13H19N3O5/c1-8(2)15-7-10(16(20)21)5-11(15)12(17)14(4)6-9(3)13(18)19/h5,7-9H,6H2,1-4H3,(H,18,19). The monoisotopic (exact) mass is 297 g/mol. The highest BCUT2D eigenvalue weighted by Crippen LogP contribution is 2.22. The van der Waals surface area contributed by atoms with Crippen LogP contribution in [0.4, 0.5) is 5.69 Å². The lowest BCUT2D eigenvalue weighted by molar-refractivity contribution is -0.384. The number of nitrogens with zero attached hydrogens (tertiary/aromatic N) is 3. The molecule has 0 aromatic carbocycles. The van der Waals surface area contributed by atoms with E-state index < -0.39 is 22.7 Å². The number of amides is 1. The number of hydrogen-bond acceptors (Lipinski definition) is 4. The van der Waals surface area contributed by atoms with Gasteiger partial charge in [0.25, 0.3) is 11.6 Å². The molecule has 21 heavy (non-hydrogen) atoms. The van der Waals surface area contributed by atoms with Gasteiger partial charge in [-0.15, -0.1) is 0 Å². The number of nitro groups is 1. The highest BCUT2D eigenvalue weighted by molar-refractivity contribution is 5.93. The van der Waals surface area contributed by atoms with E-state index in [1.165, 1.54) is 35.7 Å². The van der Waals surface area contributed by atoms with Crippen molar-refractivity contribution in [3.8, 4) is 0 Å². The quantitative estimate of drug-likeness (QED) is 0.636. The van der Waals surface area contributed by atoms with Gasteiger partial charge in [0.1, 0.15) is 5.69 Å². The number of carbonyl (C=O) groups excluding carboxylic acids is 1. The van der Waals surface area contributed by atoms with Crippen LogP contribution in [-0.4, -0.2) is 45.0 Å². The number of aromatic nitrogens is 1. The van der Waals surface area contributed by atoms with Gasteiger partial charge in [-0.1, -0.05) is 6.92 Å². The SMILES string of the molecule is CC(CN(C)C(=O)c1cc([N+](=O)[O-])cn1C(C)C)C(=O)O. The fourth-order valence-electron chi connectivity index (χ4n) is 1.93. The lowest BCUT2D eigenvalue weighted by atomic mass is 10.1. The lowest BCUT2D eigenvalue weighted by Gasteiger charge is -2.21. The molecule has 0 aliphatic rings. The number of carbonyl (C=O) groups is 2. The first kappa shape index (κ1) is 16.7. The summed E-state index contributed by atoms with van der Waals surface area (Å²) in [7, 11) is 1.48. The van der Waals surface area contributed by atoms with Gasteiger partial charge in [0.15, 0.2) is 0 Å². The van der Waals surface area contributed by atoms with Crippen LogP contribution in [-0.2, 0) is 4.79 Å². The van der Waals surface area contributed by atoms with Crippen molar-refractivity contribution in [2.45, 2.75) is 26.8 Å². The van der Waals surface area contributed by atoms with Gasteiger partial charge in [-0.25, -0.2) is 0 Å². The van der Waals surface area contributed by atoms with Crippen LogP contribution in [0.1, 0.15) is 37.3 Å². The summed E-state index contributed by atoms with van der Waals surface area (Å²) in [5, 5.41) is 19.7. The zero-order valence-corrected chi connectivity index (χ0v) is 12.4. The molecule has 0 bridgehead atoms. The largest absolute Gasteiger partial charge is 0.481 e. The third kappa shape index (κ3) is 3.80. The molecule has 116 valence electrons. The molecule has 1 unspecified atom stereocenters. The molecule has 1 amide bonds. The summed E-state index contributed by atoms with van der Waals surface area (Å²) >= 11 is 0. The van der Waals surface area contributed by atoms with Crippen molar-refractivity contribution in [3.63, 3.8) is 0 Å². The van der Waals surface area contributed by atoms with E-state index in [2.05, 4.69) is 0 Å². The molecule has 0 spiro atoms. The predicted molar refractivity (Wildman–Crippen MR) is 75.2 cm³/mol. The molecule has 1 rings (SSSR count). The second-order valence-corrected chi connectivity index (χ2v) is 5.27. The van der Waals surface area contributed by atoms with Gasteiger partial charge in [-0.3, -0.25) is 19.7 Å². The van der Waals surface area contributed by atoms with E-state index >= 15 is 0 Å². The maximum atomic E-state index is 12.4. The average molecular weight is 297 g/mol. The number of hydrogen-bond donors (Lipinski definition) is 1. The Balaban J connectivity index is 3.05. The summed E-state index contributed by atoms with van der Waals surface area (Å²) in [6, 6.07) is 1.09. The van der Waals surface area contributed by atoms with Crippen LogP contribution < -0.4 is 0 Å². The first-order valence-corrected chi connectivity index (χ1v) is 6.49. The summed E-state index contributed by atoms with van der Waals surface area (Å²) < 4.78 is 1.52. The van der Waals surface area contributed by atoms with E-state index in [-0.39, 0.29) is 24.0 Å². The Kier molecular flexibility index (Phi) is 5.07. The van der Waals surface area contributed by atoms with Gasteiger partial charge < -0.3 is 14.6 Å². The molecule has 1 aromatic heterocycles. The molecule has 8 nitrogen and oxygen atoms in total. The number of rotatable bonds is 6. The first-order valence-electron chi connectivity index (χ1n) is 6.49. The fourth-order valence-corrected chi connectivity index (χ4v) is 1.93. The van der Waals surface area contributed by atoms with Gasteiger partial charge >= 0.3 is 5.97 Å². The molecular formula is C13H19N3O5. The molecule has 0 radical (unpaired) electrons. The molecule has 0 saturated heterocycles. The Morgan fingerprint density at radius 2 is 2.00 bits per heavy atom. The fraction of sp³-hybridized carbons (Fsp3) is 0.538. The summed E-state index contributed by atoms with van der Waals surface area (Å²) in [6.07, 6.45) is 1.31. The van der Waals surface area contributed by atoms with E-state index in [9.17, 15) is 19.7 Å². The Bertz CT molecular complexity index is 564. The molecular weight excluding hydrogens is 278 g/mol. The van der Waals surface area contributed by atoms with Crippen LogP contribution in [0, 0.1) is 16.0 Å². The molecule has 1 aromatic rings. The molecule has 0 aliphatic carbocycles. The van der Waals surface area contributed by atoms with Crippen molar-refractivity contribution >= 4 is 17.6 Å². The van der Waals surface area contributed by atoms with Crippen LogP contribution in [0.2, 0.25) is 0 Å². The Morgan fingerprint density at radius 3 is 2.43 bits per heavy atom. The van der Waals surface area contributed by atoms with Gasteiger partial charge in [0.2, 0.25) is 0 Å². The minimum atomic E-state index is -1.00. The number of carboxylic acid groups (broad SMARTS) is 1. The molecule has 1 N–H and O–H groups in total.